The van der Waals surface area contributed by atoms with Crippen LogP contribution >= 0.6 is 15.9 Å². The predicted molar refractivity (Wildman–Crippen MR) is 125 cm³/mol. The highest BCUT2D eigenvalue weighted by molar-refractivity contribution is 9.10. The quantitative estimate of drug-likeness (QED) is 0.300. The minimum Gasteiger partial charge on any atom is -0.399 e. The largest absolute Gasteiger partial charge is 0.494 e. The second kappa shape index (κ2) is 5.54. The summed E-state index contributed by atoms with van der Waals surface area (Å²) < 4.78 is 16.1. The standard InChI is InChI=1S/C24H21BBrNO2/c1-23(2)24(3,4)29-25(28-23)14-9-10-21-17(11-14)19-13-15(26)12-18-16-7-5-6-8-20(16)27(21)22(18)19/h5-13H,1-4H3. The van der Waals surface area contributed by atoms with Crippen LogP contribution in [-0.4, -0.2) is 22.7 Å². The van der Waals surface area contributed by atoms with Crippen LogP contribution in [0.2, 0.25) is 0 Å². The Kier molecular flexibility index (Phi) is 3.39. The Morgan fingerprint density at radius 2 is 1.38 bits per heavy atom. The molecule has 144 valence electrons. The van der Waals surface area contributed by atoms with Crippen molar-refractivity contribution in [2.45, 2.75) is 38.9 Å². The van der Waals surface area contributed by atoms with Gasteiger partial charge in [0.25, 0.3) is 0 Å². The van der Waals surface area contributed by atoms with E-state index >= 15 is 0 Å². The fourth-order valence-electron chi connectivity index (χ4n) is 4.61. The van der Waals surface area contributed by atoms with E-state index in [1.807, 2.05) is 0 Å². The second-order valence-corrected chi connectivity index (χ2v) is 9.98. The Morgan fingerprint density at radius 1 is 0.759 bits per heavy atom. The second-order valence-electron chi connectivity index (χ2n) is 9.07. The molecular formula is C24H21BBrNO2. The van der Waals surface area contributed by atoms with Gasteiger partial charge in [-0.2, -0.15) is 0 Å². The fraction of sp³-hybridized carbons (Fsp3) is 0.250. The van der Waals surface area contributed by atoms with Crippen LogP contribution in [0.15, 0.2) is 59.1 Å². The van der Waals surface area contributed by atoms with Crippen molar-refractivity contribution in [1.29, 1.82) is 0 Å². The molecule has 0 atom stereocenters. The summed E-state index contributed by atoms with van der Waals surface area (Å²) >= 11 is 3.73. The number of halogens is 1. The summed E-state index contributed by atoms with van der Waals surface area (Å²) in [5.74, 6) is 0. The molecule has 1 aliphatic rings. The molecule has 0 bridgehead atoms. The molecule has 6 rings (SSSR count). The molecule has 3 heterocycles. The first-order chi connectivity index (χ1) is 13.8. The van der Waals surface area contributed by atoms with Crippen LogP contribution in [0.5, 0.6) is 0 Å². The van der Waals surface area contributed by atoms with Crippen LogP contribution in [-0.2, 0) is 9.31 Å². The third-order valence-electron chi connectivity index (χ3n) is 6.81. The van der Waals surface area contributed by atoms with Crippen molar-refractivity contribution in [3.8, 4) is 0 Å². The highest BCUT2D eigenvalue weighted by atomic mass is 79.9. The van der Waals surface area contributed by atoms with Gasteiger partial charge in [-0.25, -0.2) is 0 Å². The van der Waals surface area contributed by atoms with Gasteiger partial charge in [-0.3, -0.25) is 0 Å². The first-order valence-electron chi connectivity index (χ1n) is 10.00. The molecule has 5 heteroatoms. The Hall–Kier alpha value is -2.08. The average molecular weight is 446 g/mol. The van der Waals surface area contributed by atoms with Gasteiger partial charge in [-0.1, -0.05) is 46.3 Å². The molecule has 0 spiro atoms. The molecule has 1 saturated heterocycles. The predicted octanol–water partition coefficient (Wildman–Crippen LogP) is 5.90. The van der Waals surface area contributed by atoms with E-state index in [2.05, 4.69) is 103 Å². The highest BCUT2D eigenvalue weighted by Gasteiger charge is 2.51. The molecule has 0 N–H and O–H groups in total. The number of para-hydroxylation sites is 1. The molecule has 2 aromatic heterocycles. The number of nitrogens with zero attached hydrogens (tertiary/aromatic N) is 1. The lowest BCUT2D eigenvalue weighted by molar-refractivity contribution is 0.00578. The Bertz CT molecular complexity index is 1420. The van der Waals surface area contributed by atoms with Gasteiger partial charge < -0.3 is 13.7 Å². The van der Waals surface area contributed by atoms with Crippen LogP contribution in [0.25, 0.3) is 38.1 Å². The smallest absolute Gasteiger partial charge is 0.399 e. The van der Waals surface area contributed by atoms with E-state index in [1.165, 1.54) is 38.1 Å². The molecule has 3 nitrogen and oxygen atoms in total. The zero-order chi connectivity index (χ0) is 20.1. The summed E-state index contributed by atoms with van der Waals surface area (Å²) in [6.45, 7) is 8.37. The van der Waals surface area contributed by atoms with E-state index in [1.54, 1.807) is 0 Å². The van der Waals surface area contributed by atoms with Crippen molar-refractivity contribution in [2.24, 2.45) is 0 Å². The van der Waals surface area contributed by atoms with Crippen molar-refractivity contribution in [3.63, 3.8) is 0 Å². The molecular weight excluding hydrogens is 425 g/mol. The van der Waals surface area contributed by atoms with E-state index in [9.17, 15) is 0 Å². The third kappa shape index (κ3) is 2.27. The molecule has 0 amide bonds. The van der Waals surface area contributed by atoms with Crippen molar-refractivity contribution in [3.05, 3.63) is 59.1 Å². The number of fused-ring (bicyclic) bond motifs is 6. The van der Waals surface area contributed by atoms with Gasteiger partial charge in [0.1, 0.15) is 0 Å². The zero-order valence-corrected chi connectivity index (χ0v) is 18.5. The maximum atomic E-state index is 6.30. The lowest BCUT2D eigenvalue weighted by Crippen LogP contribution is -2.41. The lowest BCUT2D eigenvalue weighted by atomic mass is 9.78. The molecule has 0 saturated carbocycles. The Balaban J connectivity index is 1.66. The zero-order valence-electron chi connectivity index (χ0n) is 16.9. The van der Waals surface area contributed by atoms with Gasteiger partial charge in [0, 0.05) is 26.0 Å². The molecule has 0 radical (unpaired) electrons. The molecule has 0 unspecified atom stereocenters. The van der Waals surface area contributed by atoms with Crippen LogP contribution in [0.3, 0.4) is 0 Å². The maximum absolute atomic E-state index is 6.30. The van der Waals surface area contributed by atoms with Crippen LogP contribution in [0.4, 0.5) is 0 Å². The van der Waals surface area contributed by atoms with Crippen molar-refractivity contribution in [2.75, 3.05) is 0 Å². The fourth-order valence-corrected chi connectivity index (χ4v) is 5.07. The van der Waals surface area contributed by atoms with Gasteiger partial charge in [0.05, 0.1) is 27.8 Å². The van der Waals surface area contributed by atoms with Crippen molar-refractivity contribution < 1.29 is 9.31 Å². The summed E-state index contributed by atoms with van der Waals surface area (Å²) in [6.07, 6.45) is 0. The summed E-state index contributed by atoms with van der Waals surface area (Å²) in [6, 6.07) is 19.6. The number of hydrogen-bond donors (Lipinski definition) is 0. The number of aromatic nitrogens is 1. The molecule has 0 aliphatic carbocycles. The highest BCUT2D eigenvalue weighted by Crippen LogP contribution is 2.41. The van der Waals surface area contributed by atoms with Crippen molar-refractivity contribution in [1.82, 2.24) is 4.40 Å². The SMILES string of the molecule is CC1(C)OB(c2ccc3c(c2)c2cc(Br)cc4c5ccccc5n3c42)OC1(C)C. The average Bonchev–Trinajstić information content (AvgIpc) is 3.24. The van der Waals surface area contributed by atoms with Gasteiger partial charge in [-0.15, -0.1) is 0 Å². The van der Waals surface area contributed by atoms with E-state index < -0.39 is 0 Å². The monoisotopic (exact) mass is 445 g/mol. The Labute approximate surface area is 178 Å². The van der Waals surface area contributed by atoms with Crippen molar-refractivity contribution >= 4 is 66.6 Å². The summed E-state index contributed by atoms with van der Waals surface area (Å²) in [4.78, 5) is 0. The van der Waals surface area contributed by atoms with Crippen LogP contribution in [0, 0.1) is 0 Å². The molecule has 1 fully saturated rings. The van der Waals surface area contributed by atoms with Gasteiger partial charge in [-0.05, 0) is 57.4 Å². The number of rotatable bonds is 1. The van der Waals surface area contributed by atoms with E-state index in [4.69, 9.17) is 9.31 Å². The van der Waals surface area contributed by atoms with Crippen LogP contribution < -0.4 is 5.46 Å². The summed E-state index contributed by atoms with van der Waals surface area (Å²) in [5, 5.41) is 5.03. The Morgan fingerprint density at radius 3 is 2.10 bits per heavy atom. The van der Waals surface area contributed by atoms with Gasteiger partial charge in [0.2, 0.25) is 0 Å². The third-order valence-corrected chi connectivity index (χ3v) is 7.27. The lowest BCUT2D eigenvalue weighted by Gasteiger charge is -2.32. The first-order valence-corrected chi connectivity index (χ1v) is 10.8. The molecule has 3 aromatic carbocycles. The van der Waals surface area contributed by atoms with Gasteiger partial charge in [0.15, 0.2) is 0 Å². The summed E-state index contributed by atoms with van der Waals surface area (Å²) in [7, 11) is -0.357. The maximum Gasteiger partial charge on any atom is 0.494 e. The summed E-state index contributed by atoms with van der Waals surface area (Å²) in [5.41, 5.74) is 4.09. The molecule has 5 aromatic rings. The molecule has 1 aliphatic heterocycles. The minimum absolute atomic E-state index is 0.346. The van der Waals surface area contributed by atoms with E-state index in [-0.39, 0.29) is 18.3 Å². The topological polar surface area (TPSA) is 22.9 Å². The normalized spacial score (nSPS) is 18.7. The molecule has 29 heavy (non-hydrogen) atoms. The van der Waals surface area contributed by atoms with Gasteiger partial charge >= 0.3 is 7.12 Å². The number of benzene rings is 3. The van der Waals surface area contributed by atoms with Crippen LogP contribution in [0.1, 0.15) is 27.7 Å². The number of hydrogen-bond acceptors (Lipinski definition) is 2. The minimum atomic E-state index is -0.357. The first kappa shape index (κ1) is 17.8. The van der Waals surface area contributed by atoms with E-state index in [0.29, 0.717) is 0 Å². The van der Waals surface area contributed by atoms with E-state index in [0.717, 1.165) is 9.94 Å².